The highest BCUT2D eigenvalue weighted by Gasteiger charge is 2.35. The highest BCUT2D eigenvalue weighted by molar-refractivity contribution is 6.31. The maximum atomic E-state index is 12.9. The number of nitrogens with one attached hydrogen (secondary N) is 1. The molecule has 1 aliphatic rings. The second kappa shape index (κ2) is 9.63. The number of halogens is 1. The van der Waals surface area contributed by atoms with E-state index < -0.39 is 0 Å². The molecule has 2 amide bonds. The highest BCUT2D eigenvalue weighted by atomic mass is 35.5. The van der Waals surface area contributed by atoms with Gasteiger partial charge in [-0.1, -0.05) is 55.8 Å². The van der Waals surface area contributed by atoms with Gasteiger partial charge in [0, 0.05) is 29.7 Å². The van der Waals surface area contributed by atoms with Crippen LogP contribution in [0.5, 0.6) is 0 Å². The van der Waals surface area contributed by atoms with Gasteiger partial charge in [-0.2, -0.15) is 0 Å². The maximum Gasteiger partial charge on any atom is 0.228 e. The van der Waals surface area contributed by atoms with Crippen molar-refractivity contribution in [3.63, 3.8) is 0 Å². The van der Waals surface area contributed by atoms with E-state index in [9.17, 15) is 9.59 Å². The average Bonchev–Trinajstić information content (AvgIpc) is 3.55. The normalized spacial score (nSPS) is 13.7. The van der Waals surface area contributed by atoms with Crippen LogP contribution in [-0.2, 0) is 22.6 Å². The number of nitrogens with zero attached hydrogens (tertiary/aromatic N) is 1. The Bertz CT molecular complexity index is 895. The molecule has 0 unspecified atom stereocenters. The van der Waals surface area contributed by atoms with Crippen LogP contribution in [0.3, 0.4) is 0 Å². The van der Waals surface area contributed by atoms with Crippen molar-refractivity contribution in [1.82, 2.24) is 4.90 Å². The predicted molar refractivity (Wildman–Crippen MR) is 121 cm³/mol. The predicted octanol–water partition coefficient (Wildman–Crippen LogP) is 4.24. The molecule has 1 fully saturated rings. The lowest BCUT2D eigenvalue weighted by Crippen LogP contribution is -2.42. The number of rotatable bonds is 9. The zero-order valence-corrected chi connectivity index (χ0v) is 18.4. The second-order valence-corrected chi connectivity index (χ2v) is 9.26. The number of hydrogen-bond acceptors (Lipinski definition) is 3. The molecule has 160 valence electrons. The van der Waals surface area contributed by atoms with Crippen molar-refractivity contribution in [1.29, 1.82) is 0 Å². The van der Waals surface area contributed by atoms with Crippen LogP contribution in [-0.4, -0.2) is 29.8 Å². The molecule has 5 nitrogen and oxygen atoms in total. The minimum Gasteiger partial charge on any atom is -0.337 e. The molecular formula is C24H30ClN3O2. The van der Waals surface area contributed by atoms with Gasteiger partial charge in [-0.3, -0.25) is 9.59 Å². The Labute approximate surface area is 183 Å². The van der Waals surface area contributed by atoms with Crippen molar-refractivity contribution < 1.29 is 9.59 Å². The van der Waals surface area contributed by atoms with Crippen molar-refractivity contribution in [3.05, 3.63) is 64.7 Å². The minimum absolute atomic E-state index is 0.0929. The molecule has 0 aromatic heterocycles. The molecule has 3 rings (SSSR count). The van der Waals surface area contributed by atoms with Gasteiger partial charge < -0.3 is 16.0 Å². The Morgan fingerprint density at radius 3 is 2.50 bits per heavy atom. The Hall–Kier alpha value is -2.37. The third-order valence-electron chi connectivity index (χ3n) is 5.31. The summed E-state index contributed by atoms with van der Waals surface area (Å²) in [5.74, 6) is 0.182. The van der Waals surface area contributed by atoms with Crippen LogP contribution in [0.15, 0.2) is 48.5 Å². The number of carbonyl (C=O) groups excluding carboxylic acids is 2. The van der Waals surface area contributed by atoms with Crippen LogP contribution in [0.1, 0.15) is 37.8 Å². The third-order valence-corrected chi connectivity index (χ3v) is 5.68. The van der Waals surface area contributed by atoms with Crippen molar-refractivity contribution >= 4 is 29.1 Å². The van der Waals surface area contributed by atoms with E-state index in [1.807, 2.05) is 41.3 Å². The van der Waals surface area contributed by atoms with Crippen LogP contribution < -0.4 is 11.1 Å². The van der Waals surface area contributed by atoms with E-state index in [0.29, 0.717) is 36.8 Å². The first-order valence-electron chi connectivity index (χ1n) is 10.4. The first-order valence-corrected chi connectivity index (χ1v) is 10.8. The molecule has 2 aromatic carbocycles. The van der Waals surface area contributed by atoms with Crippen LogP contribution in [0, 0.1) is 11.3 Å². The molecule has 2 aromatic rings. The lowest BCUT2D eigenvalue weighted by atomic mass is 9.92. The van der Waals surface area contributed by atoms with Gasteiger partial charge in [-0.05, 0) is 54.1 Å². The highest BCUT2D eigenvalue weighted by Crippen LogP contribution is 2.33. The van der Waals surface area contributed by atoms with Gasteiger partial charge in [-0.15, -0.1) is 0 Å². The molecule has 0 spiro atoms. The van der Waals surface area contributed by atoms with Gasteiger partial charge in [0.05, 0.1) is 6.42 Å². The molecule has 1 aliphatic carbocycles. The molecule has 30 heavy (non-hydrogen) atoms. The number of nitrogens with two attached hydrogens (primary N) is 1. The molecule has 0 atom stereocenters. The summed E-state index contributed by atoms with van der Waals surface area (Å²) in [6.45, 7) is 5.58. The molecule has 3 N–H and O–H groups in total. The molecular weight excluding hydrogens is 398 g/mol. The third kappa shape index (κ3) is 6.31. The average molecular weight is 428 g/mol. The summed E-state index contributed by atoms with van der Waals surface area (Å²) in [4.78, 5) is 27.1. The summed E-state index contributed by atoms with van der Waals surface area (Å²) in [5.41, 5.74) is 8.16. The molecule has 6 heteroatoms. The number of benzene rings is 2. The Morgan fingerprint density at radius 1 is 1.17 bits per heavy atom. The van der Waals surface area contributed by atoms with Gasteiger partial charge in [0.1, 0.15) is 0 Å². The van der Waals surface area contributed by atoms with E-state index in [2.05, 4.69) is 19.2 Å². The Kier molecular flexibility index (Phi) is 7.16. The molecule has 0 aliphatic heterocycles. The summed E-state index contributed by atoms with van der Waals surface area (Å²) >= 11 is 6.44. The second-order valence-electron chi connectivity index (χ2n) is 8.85. The van der Waals surface area contributed by atoms with E-state index >= 15 is 0 Å². The van der Waals surface area contributed by atoms with Crippen molar-refractivity contribution in [2.45, 2.75) is 39.7 Å². The lowest BCUT2D eigenvalue weighted by molar-refractivity contribution is -0.134. The lowest BCUT2D eigenvalue weighted by Gasteiger charge is -2.32. The monoisotopic (exact) mass is 427 g/mol. The summed E-state index contributed by atoms with van der Waals surface area (Å²) in [6.07, 6.45) is 2.19. The minimum atomic E-state index is -0.182. The Morgan fingerprint density at radius 2 is 1.87 bits per heavy atom. The van der Waals surface area contributed by atoms with Crippen molar-refractivity contribution in [3.8, 4) is 0 Å². The van der Waals surface area contributed by atoms with E-state index in [0.717, 1.165) is 24.0 Å². The fourth-order valence-electron chi connectivity index (χ4n) is 3.35. The fourth-order valence-corrected chi connectivity index (χ4v) is 3.52. The SMILES string of the molecule is CC(C)(CN)CN(Cc1cc(NC(=O)Cc2ccccc2)ccc1Cl)C(=O)C1CC1. The molecule has 0 saturated heterocycles. The number of carbonyl (C=O) groups is 2. The van der Waals surface area contributed by atoms with Gasteiger partial charge in [0.15, 0.2) is 0 Å². The van der Waals surface area contributed by atoms with E-state index in [-0.39, 0.29) is 23.1 Å². The zero-order valence-electron chi connectivity index (χ0n) is 17.7. The first-order chi connectivity index (χ1) is 14.3. The molecule has 0 bridgehead atoms. The number of amides is 2. The summed E-state index contributed by atoms with van der Waals surface area (Å²) in [5, 5.41) is 3.51. The van der Waals surface area contributed by atoms with Crippen molar-refractivity contribution in [2.75, 3.05) is 18.4 Å². The number of anilines is 1. The smallest absolute Gasteiger partial charge is 0.228 e. The maximum absolute atomic E-state index is 12.9. The van der Waals surface area contributed by atoms with Crippen LogP contribution >= 0.6 is 11.6 Å². The van der Waals surface area contributed by atoms with Gasteiger partial charge in [-0.25, -0.2) is 0 Å². The van der Waals surface area contributed by atoms with Crippen LogP contribution in [0.25, 0.3) is 0 Å². The van der Waals surface area contributed by atoms with Gasteiger partial charge in [0.25, 0.3) is 0 Å². The number of hydrogen-bond donors (Lipinski definition) is 2. The van der Waals surface area contributed by atoms with Crippen LogP contribution in [0.4, 0.5) is 5.69 Å². The topological polar surface area (TPSA) is 75.4 Å². The summed E-state index contributed by atoms with van der Waals surface area (Å²) < 4.78 is 0. The van der Waals surface area contributed by atoms with E-state index in [1.165, 1.54) is 0 Å². The summed E-state index contributed by atoms with van der Waals surface area (Å²) in [6, 6.07) is 15.0. The molecule has 0 heterocycles. The van der Waals surface area contributed by atoms with Gasteiger partial charge in [0.2, 0.25) is 11.8 Å². The van der Waals surface area contributed by atoms with Crippen molar-refractivity contribution in [2.24, 2.45) is 17.1 Å². The Balaban J connectivity index is 1.72. The zero-order chi connectivity index (χ0) is 21.7. The van der Waals surface area contributed by atoms with Gasteiger partial charge >= 0.3 is 0 Å². The van der Waals surface area contributed by atoms with Crippen LogP contribution in [0.2, 0.25) is 5.02 Å². The molecule has 1 saturated carbocycles. The largest absolute Gasteiger partial charge is 0.337 e. The standard InChI is InChI=1S/C24H30ClN3O2/c1-24(2,15-26)16-28(23(30)18-8-9-18)14-19-13-20(10-11-21(19)25)27-22(29)12-17-6-4-3-5-7-17/h3-7,10-11,13,18H,8-9,12,14-16,26H2,1-2H3,(H,27,29). The van der Waals surface area contributed by atoms with E-state index in [1.54, 1.807) is 12.1 Å². The molecule has 0 radical (unpaired) electrons. The quantitative estimate of drug-likeness (QED) is 0.628. The van der Waals surface area contributed by atoms with E-state index in [4.69, 9.17) is 17.3 Å². The first kappa shape index (κ1) is 22.3. The summed E-state index contributed by atoms with van der Waals surface area (Å²) in [7, 11) is 0. The fraction of sp³-hybridized carbons (Fsp3) is 0.417.